The molecule has 3 amide bonds. The molecule has 9 nitrogen and oxygen atoms in total. The first kappa shape index (κ1) is 33.6. The van der Waals surface area contributed by atoms with E-state index < -0.39 is 19.3 Å². The fourth-order valence-electron chi connectivity index (χ4n) is 4.93. The van der Waals surface area contributed by atoms with E-state index in [-0.39, 0.29) is 36.0 Å². The molecule has 3 unspecified atom stereocenters. The van der Waals surface area contributed by atoms with E-state index in [0.717, 1.165) is 5.56 Å². The van der Waals surface area contributed by atoms with Gasteiger partial charge in [-0.25, -0.2) is 0 Å². The summed E-state index contributed by atoms with van der Waals surface area (Å²) in [4.78, 5) is 40.9. The molecule has 0 fully saturated rings. The number of anilines is 2. The molecule has 0 saturated heterocycles. The van der Waals surface area contributed by atoms with Crippen LogP contribution in [0.25, 0.3) is 0 Å². The molecule has 3 aromatic rings. The molecule has 0 bridgehead atoms. The second-order valence-corrected chi connectivity index (χ2v) is 13.6. The first-order valence-electron chi connectivity index (χ1n) is 14.3. The lowest BCUT2D eigenvalue weighted by Gasteiger charge is -2.33. The van der Waals surface area contributed by atoms with Gasteiger partial charge in [-0.3, -0.25) is 23.8 Å². The molecule has 0 radical (unpaired) electrons. The van der Waals surface area contributed by atoms with Crippen LogP contribution in [-0.4, -0.2) is 51.2 Å². The highest BCUT2D eigenvalue weighted by molar-refractivity contribution is 7.58. The number of likely N-dealkylation sites (N-methyl/N-ethyl adjacent to an activating group) is 1. The van der Waals surface area contributed by atoms with Gasteiger partial charge in [-0.2, -0.15) is 0 Å². The summed E-state index contributed by atoms with van der Waals surface area (Å²) in [7, 11) is 1.15. The highest BCUT2D eigenvalue weighted by Crippen LogP contribution is 2.52. The maximum absolute atomic E-state index is 14.2. The van der Waals surface area contributed by atoms with Crippen LogP contribution in [0.1, 0.15) is 43.1 Å². The minimum atomic E-state index is -3.34. The summed E-state index contributed by atoms with van der Waals surface area (Å²) in [5.74, 6) is -0.757. The maximum Gasteiger partial charge on any atom is 0.255 e. The Balaban J connectivity index is 1.84. The van der Waals surface area contributed by atoms with Gasteiger partial charge in [-0.15, -0.1) is 0 Å². The van der Waals surface area contributed by atoms with Crippen molar-refractivity contribution >= 4 is 36.5 Å². The maximum atomic E-state index is 14.2. The lowest BCUT2D eigenvalue weighted by atomic mass is 9.96. The summed E-state index contributed by atoms with van der Waals surface area (Å²) in [6, 6.07) is 22.1. The zero-order valence-corrected chi connectivity index (χ0v) is 26.6. The third-order valence-electron chi connectivity index (χ3n) is 7.21. The molecule has 2 N–H and O–H groups in total. The summed E-state index contributed by atoms with van der Waals surface area (Å²) in [6.45, 7) is 5.67. The average molecular weight is 608 g/mol. The molecule has 0 aliphatic rings. The van der Waals surface area contributed by atoms with Crippen LogP contribution in [0.2, 0.25) is 0 Å². The first-order valence-corrected chi connectivity index (χ1v) is 16.3. The number of nitrogens with zero attached hydrogens (tertiary/aromatic N) is 1. The van der Waals surface area contributed by atoms with Crippen molar-refractivity contribution in [1.82, 2.24) is 5.32 Å². The number of amides is 3. The van der Waals surface area contributed by atoms with E-state index in [1.807, 2.05) is 19.9 Å². The third kappa shape index (κ3) is 9.27. The van der Waals surface area contributed by atoms with E-state index in [1.54, 1.807) is 86.8 Å². The van der Waals surface area contributed by atoms with Gasteiger partial charge in [-0.1, -0.05) is 44.2 Å². The zero-order valence-electron chi connectivity index (χ0n) is 25.7. The van der Waals surface area contributed by atoms with Crippen LogP contribution in [0, 0.1) is 11.8 Å². The van der Waals surface area contributed by atoms with Crippen molar-refractivity contribution in [3.8, 4) is 5.75 Å². The lowest BCUT2D eigenvalue weighted by molar-refractivity contribution is -0.127. The second-order valence-electron chi connectivity index (χ2n) is 10.9. The van der Waals surface area contributed by atoms with Crippen molar-refractivity contribution in [3.63, 3.8) is 0 Å². The largest absolute Gasteiger partial charge is 0.497 e. The molecule has 0 aliphatic heterocycles. The van der Waals surface area contributed by atoms with Gasteiger partial charge < -0.3 is 19.9 Å². The number of methoxy groups -OCH3 is 1. The first-order chi connectivity index (χ1) is 20.5. The van der Waals surface area contributed by atoms with E-state index in [0.29, 0.717) is 29.1 Å². The highest BCUT2D eigenvalue weighted by Gasteiger charge is 2.37. The molecule has 0 aliphatic carbocycles. The molecular formula is C33H42N3O6P. The SMILES string of the molecule is CNC(=O)C(C)N(C(=O)C(CC(C)C)CP(=O)(Cc1ccc(NC(=O)c2ccccc2)cc1)OC)c1ccc(OC)cc1. The van der Waals surface area contributed by atoms with Gasteiger partial charge in [0.15, 0.2) is 0 Å². The summed E-state index contributed by atoms with van der Waals surface area (Å²) in [5.41, 5.74) is 2.45. The number of carbonyl (C=O) groups is 3. The van der Waals surface area contributed by atoms with Crippen molar-refractivity contribution in [1.29, 1.82) is 0 Å². The number of hydrogen-bond acceptors (Lipinski definition) is 6. The molecule has 0 heterocycles. The van der Waals surface area contributed by atoms with Crippen LogP contribution < -0.4 is 20.3 Å². The van der Waals surface area contributed by atoms with Crippen LogP contribution in [-0.2, 0) is 24.8 Å². The van der Waals surface area contributed by atoms with E-state index >= 15 is 0 Å². The summed E-state index contributed by atoms with van der Waals surface area (Å²) in [5, 5.41) is 5.49. The Bertz CT molecular complexity index is 1410. The number of ether oxygens (including phenoxy) is 1. The van der Waals surface area contributed by atoms with Crippen molar-refractivity contribution < 1.29 is 28.2 Å². The zero-order chi connectivity index (χ0) is 31.6. The summed E-state index contributed by atoms with van der Waals surface area (Å²) < 4.78 is 25.0. The van der Waals surface area contributed by atoms with Gasteiger partial charge in [0.1, 0.15) is 11.8 Å². The third-order valence-corrected chi connectivity index (χ3v) is 9.72. The fraction of sp³-hybridized carbons (Fsp3) is 0.364. The predicted molar refractivity (Wildman–Crippen MR) is 171 cm³/mol. The van der Waals surface area contributed by atoms with Crippen molar-refractivity contribution in [2.75, 3.05) is 37.6 Å². The van der Waals surface area contributed by atoms with Crippen LogP contribution in [0.3, 0.4) is 0 Å². The minimum absolute atomic E-state index is 0.0140. The van der Waals surface area contributed by atoms with Crippen LogP contribution in [0.4, 0.5) is 11.4 Å². The van der Waals surface area contributed by atoms with Gasteiger partial charge in [0, 0.05) is 49.3 Å². The Morgan fingerprint density at radius 1 is 0.884 bits per heavy atom. The molecule has 0 spiro atoms. The molecule has 0 aromatic heterocycles. The number of nitrogens with one attached hydrogen (secondary N) is 2. The van der Waals surface area contributed by atoms with E-state index in [9.17, 15) is 18.9 Å². The highest BCUT2D eigenvalue weighted by atomic mass is 31.2. The predicted octanol–water partition coefficient (Wildman–Crippen LogP) is 6.20. The Morgan fingerprint density at radius 2 is 1.51 bits per heavy atom. The molecule has 3 rings (SSSR count). The van der Waals surface area contributed by atoms with Crippen molar-refractivity contribution in [2.24, 2.45) is 11.8 Å². The van der Waals surface area contributed by atoms with Crippen LogP contribution >= 0.6 is 7.37 Å². The van der Waals surface area contributed by atoms with E-state index in [2.05, 4.69) is 10.6 Å². The molecule has 43 heavy (non-hydrogen) atoms. The molecule has 0 saturated carbocycles. The van der Waals surface area contributed by atoms with Crippen LogP contribution in [0.15, 0.2) is 78.9 Å². The van der Waals surface area contributed by atoms with E-state index in [4.69, 9.17) is 9.26 Å². The van der Waals surface area contributed by atoms with Crippen LogP contribution in [0.5, 0.6) is 5.75 Å². The number of hydrogen-bond donors (Lipinski definition) is 2. The lowest BCUT2D eigenvalue weighted by Crippen LogP contribution is -2.50. The Labute approximate surface area is 254 Å². The van der Waals surface area contributed by atoms with E-state index in [1.165, 1.54) is 19.1 Å². The minimum Gasteiger partial charge on any atom is -0.497 e. The Kier molecular flexibility index (Phi) is 12.1. The van der Waals surface area contributed by atoms with Gasteiger partial charge in [0.05, 0.1) is 7.11 Å². The molecule has 10 heteroatoms. The standard InChI is InChI=1S/C33H42N3O6P/c1-23(2)20-27(33(39)36(24(3)31(37)34-4)29-16-18-30(41-5)19-17-29)22-43(40,42-6)21-25-12-14-28(15-13-25)35-32(38)26-10-8-7-9-11-26/h7-19,23-24,27H,20-22H2,1-6H3,(H,34,37)(H,35,38). The number of rotatable bonds is 14. The topological polar surface area (TPSA) is 114 Å². The monoisotopic (exact) mass is 607 g/mol. The van der Waals surface area contributed by atoms with Gasteiger partial charge in [0.2, 0.25) is 19.2 Å². The molecule has 3 aromatic carbocycles. The van der Waals surface area contributed by atoms with Gasteiger partial charge in [-0.05, 0) is 73.4 Å². The number of carbonyl (C=O) groups excluding carboxylic acids is 3. The average Bonchev–Trinajstić information content (AvgIpc) is 3.01. The van der Waals surface area contributed by atoms with Crippen molar-refractivity contribution in [3.05, 3.63) is 90.0 Å². The Morgan fingerprint density at radius 3 is 2.05 bits per heavy atom. The van der Waals surface area contributed by atoms with Gasteiger partial charge >= 0.3 is 0 Å². The molecule has 230 valence electrons. The van der Waals surface area contributed by atoms with Crippen molar-refractivity contribution in [2.45, 2.75) is 39.4 Å². The number of benzene rings is 3. The fourth-order valence-corrected chi connectivity index (χ4v) is 7.08. The summed E-state index contributed by atoms with van der Waals surface area (Å²) >= 11 is 0. The second kappa shape index (κ2) is 15.5. The summed E-state index contributed by atoms with van der Waals surface area (Å²) in [6.07, 6.45) is 0.593. The van der Waals surface area contributed by atoms with Gasteiger partial charge in [0.25, 0.3) is 5.91 Å². The Hall–Kier alpha value is -3.94. The smallest absolute Gasteiger partial charge is 0.255 e. The quantitative estimate of drug-likeness (QED) is 0.211. The molecular weight excluding hydrogens is 565 g/mol. The normalized spacial score (nSPS) is 13.8. The molecule has 3 atom stereocenters.